The van der Waals surface area contributed by atoms with Crippen LogP contribution in [0.1, 0.15) is 70.2 Å². The quantitative estimate of drug-likeness (QED) is 0.132. The van der Waals surface area contributed by atoms with Crippen LogP contribution in [0.4, 0.5) is 0 Å². The predicted octanol–water partition coefficient (Wildman–Crippen LogP) is 9.70. The summed E-state index contributed by atoms with van der Waals surface area (Å²) in [6.07, 6.45) is 0. The van der Waals surface area contributed by atoms with Crippen LogP contribution in [0.5, 0.6) is 0 Å². The van der Waals surface area contributed by atoms with Crippen LogP contribution in [-0.4, -0.2) is 13.2 Å². The molecule has 0 aromatic heterocycles. The van der Waals surface area contributed by atoms with Gasteiger partial charge in [0, 0.05) is 11.8 Å². The Morgan fingerprint density at radius 1 is 0.462 bits per heavy atom. The van der Waals surface area contributed by atoms with Crippen LogP contribution in [0.25, 0.3) is 0 Å². The molecular formula is C36H43O2P. The van der Waals surface area contributed by atoms with E-state index in [2.05, 4.69) is 139 Å². The van der Waals surface area contributed by atoms with Gasteiger partial charge >= 0.3 is 0 Å². The lowest BCUT2D eigenvalue weighted by atomic mass is 9.78. The fourth-order valence-electron chi connectivity index (χ4n) is 5.87. The monoisotopic (exact) mass is 538 g/mol. The molecule has 2 unspecified atom stereocenters. The van der Waals surface area contributed by atoms with E-state index in [0.29, 0.717) is 25.0 Å². The summed E-state index contributed by atoms with van der Waals surface area (Å²) in [5, 5.41) is 0. The first-order valence-corrected chi connectivity index (χ1v) is 14.9. The standard InChI is InChI=1S/C36H43O2P/c1-25-15-7-11-19-31(25)35(32-20-12-8-16-26(32)2)29(5)23-37-39-38-24-30(6)36(33-21-13-9-17-27(33)3)34-22-14-10-18-28(34)4/h7-22,29-30,35-36,39H,23-24H2,1-6H3. The second-order valence-electron chi connectivity index (χ2n) is 11.0. The molecule has 4 rings (SSSR count). The Morgan fingerprint density at radius 3 is 0.974 bits per heavy atom. The summed E-state index contributed by atoms with van der Waals surface area (Å²) in [7, 11) is 0.0230. The molecule has 204 valence electrons. The van der Waals surface area contributed by atoms with Gasteiger partial charge in [-0.05, 0) is 84.0 Å². The minimum Gasteiger partial charge on any atom is -0.336 e. The van der Waals surface area contributed by atoms with Crippen molar-refractivity contribution in [3.05, 3.63) is 142 Å². The molecule has 0 bridgehead atoms. The Bertz CT molecular complexity index is 1150. The van der Waals surface area contributed by atoms with Crippen molar-refractivity contribution < 1.29 is 9.05 Å². The maximum Gasteiger partial charge on any atom is 0.155 e. The summed E-state index contributed by atoms with van der Waals surface area (Å²) in [5.41, 5.74) is 10.8. The summed E-state index contributed by atoms with van der Waals surface area (Å²) in [6.45, 7) is 14.7. The molecule has 4 aromatic carbocycles. The van der Waals surface area contributed by atoms with Crippen LogP contribution < -0.4 is 0 Å². The van der Waals surface area contributed by atoms with E-state index in [9.17, 15) is 0 Å². The fourth-order valence-corrected chi connectivity index (χ4v) is 6.61. The molecule has 0 aliphatic heterocycles. The SMILES string of the molecule is Cc1ccccc1C(c1ccccc1C)C(C)COPOCC(C)C(c1ccccc1C)c1ccccc1C. The second-order valence-corrected chi connectivity index (χ2v) is 11.8. The first-order chi connectivity index (χ1) is 18.9. The summed E-state index contributed by atoms with van der Waals surface area (Å²) in [5.74, 6) is 1.19. The van der Waals surface area contributed by atoms with E-state index in [0.717, 1.165) is 0 Å². The molecule has 0 amide bonds. The highest BCUT2D eigenvalue weighted by molar-refractivity contribution is 7.26. The lowest BCUT2D eigenvalue weighted by Crippen LogP contribution is -2.19. The van der Waals surface area contributed by atoms with Crippen molar-refractivity contribution in [2.75, 3.05) is 13.2 Å². The first-order valence-electron chi connectivity index (χ1n) is 14.1. The molecule has 0 spiro atoms. The average Bonchev–Trinajstić information content (AvgIpc) is 2.93. The minimum absolute atomic E-state index is 0.0230. The normalized spacial score (nSPS) is 13.4. The van der Waals surface area contributed by atoms with Crippen LogP contribution >= 0.6 is 9.03 Å². The van der Waals surface area contributed by atoms with Crippen LogP contribution in [0.2, 0.25) is 0 Å². The third-order valence-corrected chi connectivity index (χ3v) is 8.61. The van der Waals surface area contributed by atoms with Gasteiger partial charge in [-0.15, -0.1) is 0 Å². The van der Waals surface area contributed by atoms with E-state index in [-0.39, 0.29) is 20.9 Å². The predicted molar refractivity (Wildman–Crippen MR) is 167 cm³/mol. The molecule has 0 fully saturated rings. The van der Waals surface area contributed by atoms with Gasteiger partial charge in [-0.3, -0.25) is 0 Å². The van der Waals surface area contributed by atoms with Crippen LogP contribution in [0.15, 0.2) is 97.1 Å². The van der Waals surface area contributed by atoms with Gasteiger partial charge in [-0.1, -0.05) is 111 Å². The van der Waals surface area contributed by atoms with Gasteiger partial charge in [0.1, 0.15) is 0 Å². The summed E-state index contributed by atoms with van der Waals surface area (Å²) in [6, 6.07) is 34.9. The largest absolute Gasteiger partial charge is 0.336 e. The molecule has 3 heteroatoms. The number of hydrogen-bond acceptors (Lipinski definition) is 2. The average molecular weight is 539 g/mol. The van der Waals surface area contributed by atoms with Crippen molar-refractivity contribution in [1.29, 1.82) is 0 Å². The maximum absolute atomic E-state index is 6.19. The highest BCUT2D eigenvalue weighted by Crippen LogP contribution is 2.38. The third-order valence-electron chi connectivity index (χ3n) is 8.04. The number of rotatable bonds is 12. The molecule has 0 aliphatic carbocycles. The Balaban J connectivity index is 1.41. The lowest BCUT2D eigenvalue weighted by Gasteiger charge is -2.29. The smallest absolute Gasteiger partial charge is 0.155 e. The Labute approximate surface area is 237 Å². The van der Waals surface area contributed by atoms with E-state index in [1.54, 1.807) is 0 Å². The van der Waals surface area contributed by atoms with E-state index in [4.69, 9.17) is 9.05 Å². The van der Waals surface area contributed by atoms with Gasteiger partial charge in [0.2, 0.25) is 0 Å². The molecule has 0 saturated carbocycles. The summed E-state index contributed by atoms with van der Waals surface area (Å²) in [4.78, 5) is 0. The first kappa shape index (κ1) is 29.2. The van der Waals surface area contributed by atoms with Gasteiger partial charge in [0.15, 0.2) is 9.03 Å². The zero-order valence-electron chi connectivity index (χ0n) is 24.3. The van der Waals surface area contributed by atoms with E-state index in [1.165, 1.54) is 44.5 Å². The van der Waals surface area contributed by atoms with Crippen LogP contribution in [0, 0.1) is 39.5 Å². The van der Waals surface area contributed by atoms with Crippen molar-refractivity contribution in [1.82, 2.24) is 0 Å². The van der Waals surface area contributed by atoms with E-state index < -0.39 is 0 Å². The van der Waals surface area contributed by atoms with Gasteiger partial charge < -0.3 is 9.05 Å². The topological polar surface area (TPSA) is 18.5 Å². The highest BCUT2D eigenvalue weighted by atomic mass is 31.1. The van der Waals surface area contributed by atoms with Crippen molar-refractivity contribution in [3.8, 4) is 0 Å². The molecule has 0 heterocycles. The van der Waals surface area contributed by atoms with Crippen molar-refractivity contribution >= 4 is 9.03 Å². The Morgan fingerprint density at radius 2 is 0.718 bits per heavy atom. The van der Waals surface area contributed by atoms with Gasteiger partial charge in [0.05, 0.1) is 13.2 Å². The van der Waals surface area contributed by atoms with Gasteiger partial charge in [-0.25, -0.2) is 0 Å². The molecule has 0 aliphatic rings. The van der Waals surface area contributed by atoms with E-state index >= 15 is 0 Å². The lowest BCUT2D eigenvalue weighted by molar-refractivity contribution is 0.204. The summed E-state index contributed by atoms with van der Waals surface area (Å²) < 4.78 is 12.4. The second kappa shape index (κ2) is 14.0. The van der Waals surface area contributed by atoms with Crippen molar-refractivity contribution in [2.45, 2.75) is 53.4 Å². The van der Waals surface area contributed by atoms with Crippen molar-refractivity contribution in [3.63, 3.8) is 0 Å². The van der Waals surface area contributed by atoms with Crippen LogP contribution in [-0.2, 0) is 9.05 Å². The van der Waals surface area contributed by atoms with Crippen LogP contribution in [0.3, 0.4) is 0 Å². The third kappa shape index (κ3) is 7.25. The fraction of sp³-hybridized carbons (Fsp3) is 0.333. The molecule has 2 atom stereocenters. The van der Waals surface area contributed by atoms with Gasteiger partial charge in [-0.2, -0.15) is 0 Å². The van der Waals surface area contributed by atoms with Gasteiger partial charge in [0.25, 0.3) is 0 Å². The zero-order chi connectivity index (χ0) is 27.8. The summed E-state index contributed by atoms with van der Waals surface area (Å²) >= 11 is 0. The molecule has 0 saturated heterocycles. The molecule has 39 heavy (non-hydrogen) atoms. The molecule has 4 aromatic rings. The minimum atomic E-state index is 0.0230. The molecule has 2 nitrogen and oxygen atoms in total. The molecule has 0 radical (unpaired) electrons. The Hall–Kier alpha value is -2.77. The van der Waals surface area contributed by atoms with Crippen molar-refractivity contribution in [2.24, 2.45) is 11.8 Å². The number of aryl methyl sites for hydroxylation is 4. The highest BCUT2D eigenvalue weighted by Gasteiger charge is 2.26. The number of benzene rings is 4. The maximum atomic E-state index is 6.19. The Kier molecular flexibility index (Phi) is 10.5. The van der Waals surface area contributed by atoms with E-state index in [1.807, 2.05) is 0 Å². The molecular weight excluding hydrogens is 495 g/mol. The zero-order valence-corrected chi connectivity index (χ0v) is 25.3. The molecule has 0 N–H and O–H groups in total. The number of hydrogen-bond donors (Lipinski definition) is 0.